The minimum atomic E-state index is 0.656. The van der Waals surface area contributed by atoms with Crippen molar-refractivity contribution in [2.75, 3.05) is 6.54 Å². The van der Waals surface area contributed by atoms with Crippen LogP contribution in [0.15, 0.2) is 29.0 Å². The second-order valence-corrected chi connectivity index (χ2v) is 5.18. The topological polar surface area (TPSA) is 64.9 Å². The molecular weight excluding hydrogens is 246 g/mol. The Balaban J connectivity index is 2.05. The van der Waals surface area contributed by atoms with Crippen molar-refractivity contribution in [3.63, 3.8) is 0 Å². The fourth-order valence-electron chi connectivity index (χ4n) is 1.90. The van der Waals surface area contributed by atoms with Crippen LogP contribution in [0.5, 0.6) is 0 Å². The van der Waals surface area contributed by atoms with Crippen molar-refractivity contribution in [3.8, 4) is 10.6 Å². The number of thiazole rings is 1. The minimum absolute atomic E-state index is 0.656. The lowest BCUT2D eigenvalue weighted by Crippen LogP contribution is -2.01. The molecule has 2 heterocycles. The van der Waals surface area contributed by atoms with Gasteiger partial charge >= 0.3 is 0 Å². The Morgan fingerprint density at radius 3 is 3.11 bits per heavy atom. The molecule has 92 valence electrons. The van der Waals surface area contributed by atoms with Crippen molar-refractivity contribution in [1.29, 1.82) is 0 Å². The highest BCUT2D eigenvalue weighted by Crippen LogP contribution is 2.30. The molecular formula is C13H13N3OS. The number of benzene rings is 1. The number of fused-ring (bicyclic) bond motifs is 1. The van der Waals surface area contributed by atoms with Gasteiger partial charge in [0.15, 0.2) is 12.0 Å². The molecule has 4 nitrogen and oxygen atoms in total. The van der Waals surface area contributed by atoms with Gasteiger partial charge in [-0.25, -0.2) is 9.97 Å². The molecule has 0 saturated carbocycles. The van der Waals surface area contributed by atoms with Crippen molar-refractivity contribution in [3.05, 3.63) is 35.2 Å². The molecule has 0 atom stereocenters. The van der Waals surface area contributed by atoms with Crippen LogP contribution in [0, 0.1) is 6.92 Å². The molecule has 0 bridgehead atoms. The standard InChI is InChI=1S/C13H13N3OS/c1-8-12(4-5-14)18-13(16-8)9-2-3-10-11(6-9)17-7-15-10/h2-3,6-7H,4-5,14H2,1H3. The van der Waals surface area contributed by atoms with Gasteiger partial charge in [-0.05, 0) is 38.1 Å². The van der Waals surface area contributed by atoms with Crippen LogP contribution in [0.2, 0.25) is 0 Å². The number of nitrogens with zero attached hydrogens (tertiary/aromatic N) is 2. The van der Waals surface area contributed by atoms with Crippen LogP contribution in [0.4, 0.5) is 0 Å². The number of hydrogen-bond acceptors (Lipinski definition) is 5. The van der Waals surface area contributed by atoms with E-state index in [1.54, 1.807) is 11.3 Å². The molecule has 2 N–H and O–H groups in total. The molecule has 0 aliphatic carbocycles. The molecule has 0 saturated heterocycles. The van der Waals surface area contributed by atoms with Crippen molar-refractivity contribution in [1.82, 2.24) is 9.97 Å². The van der Waals surface area contributed by atoms with Crippen LogP contribution in [0.3, 0.4) is 0 Å². The summed E-state index contributed by atoms with van der Waals surface area (Å²) in [5, 5.41) is 1.01. The average molecular weight is 259 g/mol. The van der Waals surface area contributed by atoms with E-state index in [1.165, 1.54) is 11.3 Å². The molecule has 0 aliphatic heterocycles. The molecule has 0 aliphatic rings. The summed E-state index contributed by atoms with van der Waals surface area (Å²) in [6, 6.07) is 5.95. The van der Waals surface area contributed by atoms with Crippen molar-refractivity contribution in [2.45, 2.75) is 13.3 Å². The first kappa shape index (κ1) is 11.4. The SMILES string of the molecule is Cc1nc(-c2ccc3ncoc3c2)sc1CCN. The maximum absolute atomic E-state index is 5.59. The zero-order valence-corrected chi connectivity index (χ0v) is 10.8. The third-order valence-electron chi connectivity index (χ3n) is 2.84. The Bertz CT molecular complexity index is 686. The Hall–Kier alpha value is -1.72. The number of oxazole rings is 1. The zero-order chi connectivity index (χ0) is 12.5. The van der Waals surface area contributed by atoms with E-state index in [0.717, 1.165) is 33.8 Å². The number of hydrogen-bond donors (Lipinski definition) is 1. The molecule has 0 radical (unpaired) electrons. The Morgan fingerprint density at radius 1 is 1.39 bits per heavy atom. The smallest absolute Gasteiger partial charge is 0.181 e. The second kappa shape index (κ2) is 4.51. The van der Waals surface area contributed by atoms with Crippen molar-refractivity contribution >= 4 is 22.4 Å². The van der Waals surface area contributed by atoms with Gasteiger partial charge in [-0.3, -0.25) is 0 Å². The van der Waals surface area contributed by atoms with Crippen LogP contribution in [0.25, 0.3) is 21.7 Å². The lowest BCUT2D eigenvalue weighted by atomic mass is 10.2. The van der Waals surface area contributed by atoms with Gasteiger partial charge in [-0.2, -0.15) is 0 Å². The van der Waals surface area contributed by atoms with Crippen molar-refractivity contribution in [2.24, 2.45) is 5.73 Å². The first-order valence-corrected chi connectivity index (χ1v) is 6.59. The third kappa shape index (κ3) is 1.91. The van der Waals surface area contributed by atoms with E-state index in [1.807, 2.05) is 25.1 Å². The van der Waals surface area contributed by atoms with E-state index >= 15 is 0 Å². The Kier molecular flexibility index (Phi) is 2.85. The summed E-state index contributed by atoms with van der Waals surface area (Å²) in [5.41, 5.74) is 9.39. The second-order valence-electron chi connectivity index (χ2n) is 4.10. The molecule has 0 unspecified atom stereocenters. The predicted octanol–water partition coefficient (Wildman–Crippen LogP) is 2.76. The molecule has 3 aromatic rings. The quantitative estimate of drug-likeness (QED) is 0.785. The van der Waals surface area contributed by atoms with E-state index in [0.29, 0.717) is 6.54 Å². The van der Waals surface area contributed by atoms with E-state index in [9.17, 15) is 0 Å². The summed E-state index contributed by atoms with van der Waals surface area (Å²) in [6.07, 6.45) is 2.34. The van der Waals surface area contributed by atoms with Gasteiger partial charge in [0.25, 0.3) is 0 Å². The molecule has 2 aromatic heterocycles. The van der Waals surface area contributed by atoms with Gasteiger partial charge in [-0.15, -0.1) is 11.3 Å². The molecule has 0 fully saturated rings. The van der Waals surface area contributed by atoms with Crippen LogP contribution in [-0.4, -0.2) is 16.5 Å². The molecule has 3 rings (SSSR count). The maximum Gasteiger partial charge on any atom is 0.181 e. The summed E-state index contributed by atoms with van der Waals surface area (Å²) >= 11 is 1.70. The first-order chi connectivity index (χ1) is 8.78. The third-order valence-corrected chi connectivity index (χ3v) is 4.11. The van der Waals surface area contributed by atoms with Crippen molar-refractivity contribution < 1.29 is 4.42 Å². The Labute approximate surface area is 108 Å². The highest BCUT2D eigenvalue weighted by atomic mass is 32.1. The van der Waals surface area contributed by atoms with E-state index in [-0.39, 0.29) is 0 Å². The summed E-state index contributed by atoms with van der Waals surface area (Å²) in [7, 11) is 0. The van der Waals surface area contributed by atoms with Crippen LogP contribution < -0.4 is 5.73 Å². The van der Waals surface area contributed by atoms with Gasteiger partial charge in [0, 0.05) is 10.4 Å². The highest BCUT2D eigenvalue weighted by molar-refractivity contribution is 7.15. The normalized spacial score (nSPS) is 11.2. The first-order valence-electron chi connectivity index (χ1n) is 5.78. The molecule has 5 heteroatoms. The van der Waals surface area contributed by atoms with Gasteiger partial charge in [0.2, 0.25) is 0 Å². The maximum atomic E-state index is 5.59. The van der Waals surface area contributed by atoms with Gasteiger partial charge in [0.05, 0.1) is 5.69 Å². The fourth-order valence-corrected chi connectivity index (χ4v) is 2.98. The zero-order valence-electron chi connectivity index (χ0n) is 10.0. The molecule has 1 aromatic carbocycles. The Morgan fingerprint density at radius 2 is 2.28 bits per heavy atom. The number of rotatable bonds is 3. The van der Waals surface area contributed by atoms with E-state index in [4.69, 9.17) is 10.2 Å². The van der Waals surface area contributed by atoms with Crippen LogP contribution >= 0.6 is 11.3 Å². The van der Waals surface area contributed by atoms with Gasteiger partial charge in [0.1, 0.15) is 10.5 Å². The molecule has 0 amide bonds. The fraction of sp³-hybridized carbons (Fsp3) is 0.231. The lowest BCUT2D eigenvalue weighted by Gasteiger charge is -1.94. The van der Waals surface area contributed by atoms with Gasteiger partial charge < -0.3 is 10.2 Å². The summed E-state index contributed by atoms with van der Waals surface area (Å²) in [5.74, 6) is 0. The summed E-state index contributed by atoms with van der Waals surface area (Å²) in [4.78, 5) is 9.95. The van der Waals surface area contributed by atoms with Gasteiger partial charge in [-0.1, -0.05) is 0 Å². The summed E-state index contributed by atoms with van der Waals surface area (Å²) < 4.78 is 5.31. The summed E-state index contributed by atoms with van der Waals surface area (Å²) in [6.45, 7) is 2.68. The van der Waals surface area contributed by atoms with Crippen LogP contribution in [0.1, 0.15) is 10.6 Å². The minimum Gasteiger partial charge on any atom is -0.443 e. The number of nitrogens with two attached hydrogens (primary N) is 1. The lowest BCUT2D eigenvalue weighted by molar-refractivity contribution is 0.602. The van der Waals surface area contributed by atoms with E-state index < -0.39 is 0 Å². The monoisotopic (exact) mass is 259 g/mol. The average Bonchev–Trinajstić information content (AvgIpc) is 2.96. The molecule has 18 heavy (non-hydrogen) atoms. The number of aromatic nitrogens is 2. The highest BCUT2D eigenvalue weighted by Gasteiger charge is 2.10. The van der Waals surface area contributed by atoms with E-state index in [2.05, 4.69) is 9.97 Å². The molecule has 0 spiro atoms. The largest absolute Gasteiger partial charge is 0.443 e. The predicted molar refractivity (Wildman–Crippen MR) is 72.6 cm³/mol. The van der Waals surface area contributed by atoms with Crippen LogP contribution in [-0.2, 0) is 6.42 Å². The number of aryl methyl sites for hydroxylation is 1.